The molecule has 1 aliphatic rings. The van der Waals surface area contributed by atoms with Crippen LogP contribution in [0.2, 0.25) is 0 Å². The van der Waals surface area contributed by atoms with Crippen molar-refractivity contribution in [2.75, 3.05) is 5.73 Å². The van der Waals surface area contributed by atoms with Crippen molar-refractivity contribution in [2.45, 2.75) is 31.6 Å². The number of anilines is 1. The highest BCUT2D eigenvalue weighted by Gasteiger charge is 2.23. The van der Waals surface area contributed by atoms with Gasteiger partial charge in [0.05, 0.1) is 0 Å². The summed E-state index contributed by atoms with van der Waals surface area (Å²) < 4.78 is 5.76. The molecule has 21 heavy (non-hydrogen) atoms. The fourth-order valence-electron chi connectivity index (χ4n) is 2.78. The lowest BCUT2D eigenvalue weighted by Crippen LogP contribution is -2.16. The first-order valence-electron chi connectivity index (χ1n) is 7.38. The summed E-state index contributed by atoms with van der Waals surface area (Å²) in [5, 5.41) is 0. The third kappa shape index (κ3) is 3.24. The predicted octanol–water partition coefficient (Wildman–Crippen LogP) is 4.29. The molecule has 0 spiro atoms. The van der Waals surface area contributed by atoms with Crippen LogP contribution >= 0.6 is 0 Å². The first kappa shape index (κ1) is 13.7. The average molecular weight is 281 g/mol. The summed E-state index contributed by atoms with van der Waals surface area (Å²) in [5.74, 6) is 1.97. The molecule has 0 radical (unpaired) electrons. The van der Waals surface area contributed by atoms with Crippen LogP contribution in [0.1, 0.15) is 37.2 Å². The topological polar surface area (TPSA) is 52.3 Å². The maximum absolute atomic E-state index is 12.0. The van der Waals surface area contributed by atoms with E-state index in [0.29, 0.717) is 17.9 Å². The first-order chi connectivity index (χ1) is 10.2. The van der Waals surface area contributed by atoms with Crippen molar-refractivity contribution in [2.24, 2.45) is 0 Å². The molecule has 1 fully saturated rings. The van der Waals surface area contributed by atoms with Gasteiger partial charge in [0.25, 0.3) is 0 Å². The van der Waals surface area contributed by atoms with Crippen molar-refractivity contribution < 1.29 is 9.53 Å². The predicted molar refractivity (Wildman–Crippen MR) is 83.6 cm³/mol. The van der Waals surface area contributed by atoms with Crippen LogP contribution in [0.5, 0.6) is 11.5 Å². The molecule has 1 saturated carbocycles. The minimum absolute atomic E-state index is 0.0734. The molecule has 0 bridgehead atoms. The van der Waals surface area contributed by atoms with Crippen molar-refractivity contribution in [3.63, 3.8) is 0 Å². The van der Waals surface area contributed by atoms with E-state index in [-0.39, 0.29) is 5.92 Å². The summed E-state index contributed by atoms with van der Waals surface area (Å²) in [6, 6.07) is 15.2. The van der Waals surface area contributed by atoms with E-state index in [1.807, 2.05) is 48.5 Å². The Kier molecular flexibility index (Phi) is 3.91. The van der Waals surface area contributed by atoms with Crippen LogP contribution in [0.3, 0.4) is 0 Å². The van der Waals surface area contributed by atoms with Gasteiger partial charge in [0.15, 0.2) is 0 Å². The molecule has 2 aromatic carbocycles. The number of benzene rings is 2. The number of nitrogen functional groups attached to an aromatic ring is 1. The molecule has 2 N–H and O–H groups in total. The minimum Gasteiger partial charge on any atom is -0.457 e. The number of ketones is 1. The second kappa shape index (κ2) is 6.00. The number of ether oxygens (including phenoxy) is 1. The molecule has 1 unspecified atom stereocenters. The Hall–Kier alpha value is -2.29. The van der Waals surface area contributed by atoms with Crippen molar-refractivity contribution >= 4 is 11.5 Å². The Morgan fingerprint density at radius 2 is 1.52 bits per heavy atom. The number of hydrogen-bond acceptors (Lipinski definition) is 3. The number of carbonyl (C=O) groups is 1. The number of carbonyl (C=O) groups excluding carboxylic acids is 1. The number of hydrogen-bond donors (Lipinski definition) is 1. The van der Waals surface area contributed by atoms with Gasteiger partial charge < -0.3 is 10.5 Å². The summed E-state index contributed by atoms with van der Waals surface area (Å²) in [7, 11) is 0. The smallest absolute Gasteiger partial charge is 0.140 e. The Balaban J connectivity index is 1.71. The van der Waals surface area contributed by atoms with Crippen molar-refractivity contribution in [1.29, 1.82) is 0 Å². The first-order valence-corrected chi connectivity index (χ1v) is 7.38. The fourth-order valence-corrected chi connectivity index (χ4v) is 2.78. The van der Waals surface area contributed by atoms with Crippen molar-refractivity contribution in [3.8, 4) is 11.5 Å². The SMILES string of the molecule is Nc1ccc(Oc2ccc(C3CCCCC3=O)cc2)cc1. The average Bonchev–Trinajstić information content (AvgIpc) is 2.51. The highest BCUT2D eigenvalue weighted by Crippen LogP contribution is 2.31. The summed E-state index contributed by atoms with van der Waals surface area (Å²) >= 11 is 0. The molecule has 3 heteroatoms. The largest absolute Gasteiger partial charge is 0.457 e. The molecular weight excluding hydrogens is 262 g/mol. The molecule has 0 aromatic heterocycles. The summed E-state index contributed by atoms with van der Waals surface area (Å²) in [4.78, 5) is 12.0. The van der Waals surface area contributed by atoms with Crippen LogP contribution in [-0.4, -0.2) is 5.78 Å². The van der Waals surface area contributed by atoms with Gasteiger partial charge in [-0.05, 0) is 54.8 Å². The zero-order valence-electron chi connectivity index (χ0n) is 11.9. The van der Waals surface area contributed by atoms with E-state index in [0.717, 1.165) is 36.3 Å². The number of rotatable bonds is 3. The summed E-state index contributed by atoms with van der Waals surface area (Å²) in [5.41, 5.74) is 7.47. The van der Waals surface area contributed by atoms with E-state index in [2.05, 4.69) is 0 Å². The van der Waals surface area contributed by atoms with Gasteiger partial charge in [-0.1, -0.05) is 18.6 Å². The van der Waals surface area contributed by atoms with Gasteiger partial charge in [0.1, 0.15) is 17.3 Å². The van der Waals surface area contributed by atoms with Crippen LogP contribution in [-0.2, 0) is 4.79 Å². The molecule has 108 valence electrons. The third-order valence-corrected chi connectivity index (χ3v) is 3.95. The number of nitrogens with two attached hydrogens (primary N) is 1. The second-order valence-corrected chi connectivity index (χ2v) is 5.50. The molecule has 0 saturated heterocycles. The highest BCUT2D eigenvalue weighted by molar-refractivity contribution is 5.86. The van der Waals surface area contributed by atoms with E-state index >= 15 is 0 Å². The van der Waals surface area contributed by atoms with E-state index in [4.69, 9.17) is 10.5 Å². The number of Topliss-reactive ketones (excluding diaryl/α,β-unsaturated/α-hetero) is 1. The zero-order valence-corrected chi connectivity index (χ0v) is 11.9. The van der Waals surface area contributed by atoms with Gasteiger partial charge in [0, 0.05) is 18.0 Å². The van der Waals surface area contributed by atoms with Gasteiger partial charge in [-0.2, -0.15) is 0 Å². The van der Waals surface area contributed by atoms with E-state index in [9.17, 15) is 4.79 Å². The van der Waals surface area contributed by atoms with E-state index in [1.165, 1.54) is 0 Å². The molecule has 2 aromatic rings. The molecule has 0 amide bonds. The van der Waals surface area contributed by atoms with Gasteiger partial charge in [-0.3, -0.25) is 4.79 Å². The normalized spacial score (nSPS) is 18.5. The molecule has 3 rings (SSSR count). The quantitative estimate of drug-likeness (QED) is 0.854. The Morgan fingerprint density at radius 1 is 0.905 bits per heavy atom. The van der Waals surface area contributed by atoms with Crippen LogP contribution < -0.4 is 10.5 Å². The van der Waals surface area contributed by atoms with E-state index in [1.54, 1.807) is 0 Å². The molecule has 3 nitrogen and oxygen atoms in total. The molecule has 1 atom stereocenters. The summed E-state index contributed by atoms with van der Waals surface area (Å²) in [6.45, 7) is 0. The zero-order chi connectivity index (χ0) is 14.7. The van der Waals surface area contributed by atoms with Gasteiger partial charge in [-0.25, -0.2) is 0 Å². The third-order valence-electron chi connectivity index (χ3n) is 3.95. The molecule has 0 heterocycles. The Labute approximate surface area is 124 Å². The van der Waals surface area contributed by atoms with Crippen molar-refractivity contribution in [3.05, 3.63) is 54.1 Å². The van der Waals surface area contributed by atoms with Gasteiger partial charge in [0.2, 0.25) is 0 Å². The highest BCUT2D eigenvalue weighted by atomic mass is 16.5. The summed E-state index contributed by atoms with van der Waals surface area (Å²) in [6.07, 6.45) is 3.86. The molecular formula is C18H19NO2. The second-order valence-electron chi connectivity index (χ2n) is 5.50. The van der Waals surface area contributed by atoms with Gasteiger partial charge >= 0.3 is 0 Å². The molecule has 0 aliphatic heterocycles. The van der Waals surface area contributed by atoms with E-state index < -0.39 is 0 Å². The van der Waals surface area contributed by atoms with Gasteiger partial charge in [-0.15, -0.1) is 0 Å². The van der Waals surface area contributed by atoms with Crippen LogP contribution in [0.15, 0.2) is 48.5 Å². The Bertz CT molecular complexity index is 617. The van der Waals surface area contributed by atoms with Crippen LogP contribution in [0.25, 0.3) is 0 Å². The van der Waals surface area contributed by atoms with Crippen LogP contribution in [0.4, 0.5) is 5.69 Å². The lowest BCUT2D eigenvalue weighted by Gasteiger charge is -2.20. The molecule has 1 aliphatic carbocycles. The minimum atomic E-state index is 0.0734. The maximum atomic E-state index is 12.0. The standard InChI is InChI=1S/C18H19NO2/c19-14-7-11-16(12-8-14)21-15-9-5-13(6-10-15)17-3-1-2-4-18(17)20/h5-12,17H,1-4,19H2. The maximum Gasteiger partial charge on any atom is 0.140 e. The fraction of sp³-hybridized carbons (Fsp3) is 0.278. The van der Waals surface area contributed by atoms with Crippen LogP contribution in [0, 0.1) is 0 Å². The Morgan fingerprint density at radius 3 is 2.14 bits per heavy atom. The lowest BCUT2D eigenvalue weighted by molar-refractivity contribution is -0.121. The lowest BCUT2D eigenvalue weighted by atomic mass is 9.83. The van der Waals surface area contributed by atoms with Crippen molar-refractivity contribution in [1.82, 2.24) is 0 Å². The monoisotopic (exact) mass is 281 g/mol.